The molecular formula is C16H17N3O. The monoisotopic (exact) mass is 267 g/mol. The van der Waals surface area contributed by atoms with E-state index in [1.54, 1.807) is 4.52 Å². The molecule has 2 heterocycles. The second-order valence-corrected chi connectivity index (χ2v) is 4.90. The van der Waals surface area contributed by atoms with E-state index in [0.717, 1.165) is 22.8 Å². The first kappa shape index (κ1) is 12.7. The summed E-state index contributed by atoms with van der Waals surface area (Å²) in [6, 6.07) is 12.1. The number of aryl methyl sites for hydroxylation is 2. The average Bonchev–Trinajstić information content (AvgIpc) is 2.83. The molecule has 0 spiro atoms. The number of nitrogens with zero attached hydrogens (tertiary/aromatic N) is 3. The minimum Gasteiger partial charge on any atom is -0.493 e. The molecule has 4 heteroatoms. The van der Waals surface area contributed by atoms with Gasteiger partial charge in [-0.15, -0.1) is 0 Å². The molecule has 0 aliphatic rings. The van der Waals surface area contributed by atoms with Gasteiger partial charge in [0.1, 0.15) is 5.75 Å². The third-order valence-electron chi connectivity index (χ3n) is 3.21. The molecule has 3 rings (SSSR count). The van der Waals surface area contributed by atoms with Crippen LogP contribution >= 0.6 is 0 Å². The van der Waals surface area contributed by atoms with Gasteiger partial charge < -0.3 is 4.74 Å². The van der Waals surface area contributed by atoms with Gasteiger partial charge in [-0.2, -0.15) is 5.10 Å². The Bertz CT molecular complexity index is 733. The Morgan fingerprint density at radius 2 is 2.00 bits per heavy atom. The normalized spacial score (nSPS) is 10.9. The van der Waals surface area contributed by atoms with E-state index in [1.807, 2.05) is 49.5 Å². The van der Waals surface area contributed by atoms with Crippen LogP contribution in [0.1, 0.15) is 17.0 Å². The van der Waals surface area contributed by atoms with Gasteiger partial charge in [0.15, 0.2) is 11.5 Å². The van der Waals surface area contributed by atoms with Crippen LogP contribution in [0.3, 0.4) is 0 Å². The van der Waals surface area contributed by atoms with Crippen LogP contribution in [0.4, 0.5) is 0 Å². The molecule has 0 fully saturated rings. The van der Waals surface area contributed by atoms with E-state index >= 15 is 0 Å². The van der Waals surface area contributed by atoms with Gasteiger partial charge in [-0.25, -0.2) is 9.50 Å². The lowest BCUT2D eigenvalue weighted by atomic mass is 10.2. The quantitative estimate of drug-likeness (QED) is 0.729. The Labute approximate surface area is 118 Å². The van der Waals surface area contributed by atoms with E-state index in [4.69, 9.17) is 4.74 Å². The van der Waals surface area contributed by atoms with Crippen LogP contribution < -0.4 is 4.74 Å². The molecule has 4 nitrogen and oxygen atoms in total. The van der Waals surface area contributed by atoms with Crippen molar-refractivity contribution in [1.82, 2.24) is 14.6 Å². The number of rotatable bonds is 4. The Hall–Kier alpha value is -2.36. The summed E-state index contributed by atoms with van der Waals surface area (Å²) >= 11 is 0. The number of hydrogen-bond donors (Lipinski definition) is 0. The molecule has 0 amide bonds. The van der Waals surface area contributed by atoms with Crippen LogP contribution in [-0.4, -0.2) is 21.2 Å². The third kappa shape index (κ3) is 2.64. The summed E-state index contributed by atoms with van der Waals surface area (Å²) < 4.78 is 7.57. The van der Waals surface area contributed by atoms with E-state index in [2.05, 4.69) is 17.0 Å². The summed E-state index contributed by atoms with van der Waals surface area (Å²) in [5.41, 5.74) is 3.22. The zero-order chi connectivity index (χ0) is 13.9. The molecule has 0 bridgehead atoms. The minimum absolute atomic E-state index is 0.584. The highest BCUT2D eigenvalue weighted by atomic mass is 16.5. The zero-order valence-corrected chi connectivity index (χ0v) is 11.7. The maximum Gasteiger partial charge on any atom is 0.155 e. The van der Waals surface area contributed by atoms with Crippen LogP contribution in [0.2, 0.25) is 0 Å². The SMILES string of the molecule is Cc1ccn2nc(CCOc3ccccc3C)nc2c1. The maximum absolute atomic E-state index is 5.77. The number of ether oxygens (including phenoxy) is 1. The van der Waals surface area contributed by atoms with Crippen molar-refractivity contribution in [2.45, 2.75) is 20.3 Å². The van der Waals surface area contributed by atoms with Crippen molar-refractivity contribution >= 4 is 5.65 Å². The maximum atomic E-state index is 5.77. The van der Waals surface area contributed by atoms with Crippen molar-refractivity contribution in [1.29, 1.82) is 0 Å². The van der Waals surface area contributed by atoms with Crippen molar-refractivity contribution < 1.29 is 4.74 Å². The lowest BCUT2D eigenvalue weighted by Gasteiger charge is -2.06. The predicted molar refractivity (Wildman–Crippen MR) is 78.1 cm³/mol. The topological polar surface area (TPSA) is 39.4 Å². The summed E-state index contributed by atoms with van der Waals surface area (Å²) in [7, 11) is 0. The summed E-state index contributed by atoms with van der Waals surface area (Å²) in [6.45, 7) is 4.68. The first-order valence-corrected chi connectivity index (χ1v) is 6.73. The molecule has 0 atom stereocenters. The molecule has 0 saturated heterocycles. The minimum atomic E-state index is 0.584. The number of hydrogen-bond acceptors (Lipinski definition) is 3. The molecule has 20 heavy (non-hydrogen) atoms. The van der Waals surface area contributed by atoms with E-state index in [1.165, 1.54) is 5.56 Å². The summed E-state index contributed by atoms with van der Waals surface area (Å²) in [5, 5.41) is 4.43. The number of fused-ring (bicyclic) bond motifs is 1. The predicted octanol–water partition coefficient (Wildman–Crippen LogP) is 2.97. The lowest BCUT2D eigenvalue weighted by molar-refractivity contribution is 0.317. The van der Waals surface area contributed by atoms with Crippen molar-refractivity contribution in [3.8, 4) is 5.75 Å². The highest BCUT2D eigenvalue weighted by molar-refractivity contribution is 5.40. The van der Waals surface area contributed by atoms with Crippen molar-refractivity contribution in [3.05, 3.63) is 59.5 Å². The molecule has 0 radical (unpaired) electrons. The first-order valence-electron chi connectivity index (χ1n) is 6.73. The van der Waals surface area contributed by atoms with E-state index in [9.17, 15) is 0 Å². The number of aromatic nitrogens is 3. The molecule has 0 unspecified atom stereocenters. The summed E-state index contributed by atoms with van der Waals surface area (Å²) in [4.78, 5) is 4.50. The fourth-order valence-corrected chi connectivity index (χ4v) is 2.11. The highest BCUT2D eigenvalue weighted by Crippen LogP contribution is 2.16. The fourth-order valence-electron chi connectivity index (χ4n) is 2.11. The number of para-hydroxylation sites is 1. The van der Waals surface area contributed by atoms with Gasteiger partial charge in [0.25, 0.3) is 0 Å². The molecule has 0 aliphatic heterocycles. The Kier molecular flexibility index (Phi) is 3.37. The van der Waals surface area contributed by atoms with Gasteiger partial charge in [-0.05, 0) is 43.2 Å². The van der Waals surface area contributed by atoms with Crippen LogP contribution in [0.25, 0.3) is 5.65 Å². The lowest BCUT2D eigenvalue weighted by Crippen LogP contribution is -2.03. The largest absolute Gasteiger partial charge is 0.493 e. The Morgan fingerprint density at radius 1 is 1.15 bits per heavy atom. The van der Waals surface area contributed by atoms with Gasteiger partial charge in [-0.1, -0.05) is 18.2 Å². The van der Waals surface area contributed by atoms with Crippen LogP contribution in [-0.2, 0) is 6.42 Å². The molecule has 1 aromatic carbocycles. The van der Waals surface area contributed by atoms with Crippen molar-refractivity contribution in [2.75, 3.05) is 6.61 Å². The average molecular weight is 267 g/mol. The van der Waals surface area contributed by atoms with Crippen molar-refractivity contribution in [2.24, 2.45) is 0 Å². The van der Waals surface area contributed by atoms with Crippen LogP contribution in [0, 0.1) is 13.8 Å². The van der Waals surface area contributed by atoms with Gasteiger partial charge in [0.05, 0.1) is 6.61 Å². The second-order valence-electron chi connectivity index (χ2n) is 4.90. The van der Waals surface area contributed by atoms with Gasteiger partial charge >= 0.3 is 0 Å². The number of benzene rings is 1. The molecule has 2 aromatic heterocycles. The Morgan fingerprint density at radius 3 is 2.85 bits per heavy atom. The van der Waals surface area contributed by atoms with Crippen LogP contribution in [0.15, 0.2) is 42.6 Å². The van der Waals surface area contributed by atoms with Crippen LogP contribution in [0.5, 0.6) is 5.75 Å². The van der Waals surface area contributed by atoms with Gasteiger partial charge in [0, 0.05) is 12.6 Å². The summed E-state index contributed by atoms with van der Waals surface area (Å²) in [5.74, 6) is 1.73. The molecule has 0 N–H and O–H groups in total. The third-order valence-corrected chi connectivity index (χ3v) is 3.21. The van der Waals surface area contributed by atoms with E-state index < -0.39 is 0 Å². The zero-order valence-electron chi connectivity index (χ0n) is 11.7. The Balaban J connectivity index is 1.67. The van der Waals surface area contributed by atoms with Crippen molar-refractivity contribution in [3.63, 3.8) is 0 Å². The number of pyridine rings is 1. The second kappa shape index (κ2) is 5.33. The standard InChI is InChI=1S/C16H17N3O/c1-12-7-9-19-16(11-12)17-15(18-19)8-10-20-14-6-4-3-5-13(14)2/h3-7,9,11H,8,10H2,1-2H3. The molecular weight excluding hydrogens is 250 g/mol. The van der Waals surface area contributed by atoms with Gasteiger partial charge in [0.2, 0.25) is 0 Å². The van der Waals surface area contributed by atoms with E-state index in [0.29, 0.717) is 13.0 Å². The smallest absolute Gasteiger partial charge is 0.155 e. The molecule has 102 valence electrons. The highest BCUT2D eigenvalue weighted by Gasteiger charge is 2.04. The van der Waals surface area contributed by atoms with E-state index in [-0.39, 0.29) is 0 Å². The molecule has 0 saturated carbocycles. The first-order chi connectivity index (χ1) is 9.72. The molecule has 3 aromatic rings. The fraction of sp³-hybridized carbons (Fsp3) is 0.250. The summed E-state index contributed by atoms with van der Waals surface area (Å²) in [6.07, 6.45) is 2.64. The molecule has 0 aliphatic carbocycles. The van der Waals surface area contributed by atoms with Gasteiger partial charge in [-0.3, -0.25) is 0 Å².